The molecule has 0 fully saturated rings. The summed E-state index contributed by atoms with van der Waals surface area (Å²) >= 11 is 1.86. The summed E-state index contributed by atoms with van der Waals surface area (Å²) in [5.41, 5.74) is 3.80. The average Bonchev–Trinajstić information content (AvgIpc) is 2.57. The summed E-state index contributed by atoms with van der Waals surface area (Å²) in [5.74, 6) is 1.97. The van der Waals surface area contributed by atoms with Gasteiger partial charge in [0.25, 0.3) is 0 Å². The third kappa shape index (κ3) is 3.39. The van der Waals surface area contributed by atoms with E-state index in [1.807, 2.05) is 30.0 Å². The SMILES string of the molecule is CSCc1ccccc1CCNc1ncnc2ccccc12. The Labute approximate surface area is 135 Å². The van der Waals surface area contributed by atoms with Gasteiger partial charge in [-0.2, -0.15) is 11.8 Å². The van der Waals surface area contributed by atoms with E-state index in [0.717, 1.165) is 35.4 Å². The van der Waals surface area contributed by atoms with Crippen molar-refractivity contribution in [3.8, 4) is 0 Å². The maximum atomic E-state index is 4.37. The zero-order chi connectivity index (χ0) is 15.2. The number of aromatic nitrogens is 2. The Bertz CT molecular complexity index is 753. The zero-order valence-corrected chi connectivity index (χ0v) is 13.4. The second-order valence-electron chi connectivity index (χ2n) is 5.12. The minimum absolute atomic E-state index is 0.867. The van der Waals surface area contributed by atoms with Crippen LogP contribution in [0.4, 0.5) is 5.82 Å². The second kappa shape index (κ2) is 7.27. The van der Waals surface area contributed by atoms with Gasteiger partial charge in [0.1, 0.15) is 12.1 Å². The highest BCUT2D eigenvalue weighted by Gasteiger charge is 2.04. The van der Waals surface area contributed by atoms with Gasteiger partial charge < -0.3 is 5.32 Å². The summed E-state index contributed by atoms with van der Waals surface area (Å²) in [4.78, 5) is 8.66. The zero-order valence-electron chi connectivity index (χ0n) is 12.6. The minimum atomic E-state index is 0.867. The first-order valence-corrected chi connectivity index (χ1v) is 8.77. The molecule has 0 aliphatic carbocycles. The van der Waals surface area contributed by atoms with Crippen molar-refractivity contribution in [2.75, 3.05) is 18.1 Å². The molecule has 3 rings (SSSR count). The molecule has 0 aliphatic rings. The van der Waals surface area contributed by atoms with Crippen LogP contribution in [0, 0.1) is 0 Å². The van der Waals surface area contributed by atoms with E-state index in [1.165, 1.54) is 11.1 Å². The second-order valence-corrected chi connectivity index (χ2v) is 5.98. The topological polar surface area (TPSA) is 37.8 Å². The maximum Gasteiger partial charge on any atom is 0.137 e. The molecule has 0 bridgehead atoms. The highest BCUT2D eigenvalue weighted by Crippen LogP contribution is 2.19. The summed E-state index contributed by atoms with van der Waals surface area (Å²) in [5, 5.41) is 4.52. The van der Waals surface area contributed by atoms with Crippen molar-refractivity contribution in [1.82, 2.24) is 9.97 Å². The number of rotatable bonds is 6. The van der Waals surface area contributed by atoms with E-state index >= 15 is 0 Å². The summed E-state index contributed by atoms with van der Waals surface area (Å²) in [6.45, 7) is 0.867. The average molecular weight is 309 g/mol. The fourth-order valence-electron chi connectivity index (χ4n) is 2.56. The molecule has 0 saturated heterocycles. The molecule has 22 heavy (non-hydrogen) atoms. The van der Waals surface area contributed by atoms with Crippen LogP contribution in [0.3, 0.4) is 0 Å². The molecule has 0 atom stereocenters. The predicted molar refractivity (Wildman–Crippen MR) is 95.4 cm³/mol. The van der Waals surface area contributed by atoms with Gasteiger partial charge in [0.05, 0.1) is 5.52 Å². The van der Waals surface area contributed by atoms with Gasteiger partial charge >= 0.3 is 0 Å². The van der Waals surface area contributed by atoms with E-state index in [1.54, 1.807) is 6.33 Å². The lowest BCUT2D eigenvalue weighted by Crippen LogP contribution is -2.08. The van der Waals surface area contributed by atoms with Crippen LogP contribution >= 0.6 is 11.8 Å². The number of nitrogens with one attached hydrogen (secondary N) is 1. The molecule has 1 N–H and O–H groups in total. The molecular weight excluding hydrogens is 290 g/mol. The number of para-hydroxylation sites is 1. The Morgan fingerprint density at radius 3 is 2.59 bits per heavy atom. The first-order chi connectivity index (χ1) is 10.9. The molecule has 3 nitrogen and oxygen atoms in total. The maximum absolute atomic E-state index is 4.37. The van der Waals surface area contributed by atoms with Gasteiger partial charge in [-0.25, -0.2) is 9.97 Å². The monoisotopic (exact) mass is 309 g/mol. The van der Waals surface area contributed by atoms with Crippen LogP contribution in [0.25, 0.3) is 10.9 Å². The van der Waals surface area contributed by atoms with Crippen LogP contribution < -0.4 is 5.32 Å². The fraction of sp³-hybridized carbons (Fsp3) is 0.222. The molecule has 1 aromatic heterocycles. The van der Waals surface area contributed by atoms with Gasteiger partial charge in [-0.3, -0.25) is 0 Å². The smallest absolute Gasteiger partial charge is 0.137 e. The number of hydrogen-bond donors (Lipinski definition) is 1. The van der Waals surface area contributed by atoms with Gasteiger partial charge in [0, 0.05) is 17.7 Å². The molecular formula is C18H19N3S. The largest absolute Gasteiger partial charge is 0.369 e. The molecule has 0 unspecified atom stereocenters. The number of nitrogens with zero attached hydrogens (tertiary/aromatic N) is 2. The van der Waals surface area contributed by atoms with Gasteiger partial charge in [0.2, 0.25) is 0 Å². The number of fused-ring (bicyclic) bond motifs is 1. The van der Waals surface area contributed by atoms with E-state index in [2.05, 4.69) is 51.9 Å². The highest BCUT2D eigenvalue weighted by molar-refractivity contribution is 7.97. The summed E-state index contributed by atoms with van der Waals surface area (Å²) in [7, 11) is 0. The molecule has 0 amide bonds. The van der Waals surface area contributed by atoms with Gasteiger partial charge in [-0.15, -0.1) is 0 Å². The van der Waals surface area contributed by atoms with Crippen molar-refractivity contribution in [1.29, 1.82) is 0 Å². The summed E-state index contributed by atoms with van der Waals surface area (Å²) in [6, 6.07) is 16.7. The number of hydrogen-bond acceptors (Lipinski definition) is 4. The fourth-order valence-corrected chi connectivity index (χ4v) is 3.15. The predicted octanol–water partition coefficient (Wildman–Crippen LogP) is 4.15. The molecule has 0 radical (unpaired) electrons. The standard InChI is InChI=1S/C18H19N3S/c1-22-12-15-7-3-2-6-14(15)10-11-19-18-16-8-4-5-9-17(16)20-13-21-18/h2-9,13H,10-12H2,1H3,(H,19,20,21). The Morgan fingerprint density at radius 2 is 1.73 bits per heavy atom. The molecule has 0 spiro atoms. The highest BCUT2D eigenvalue weighted by atomic mass is 32.2. The van der Waals surface area contributed by atoms with Crippen LogP contribution in [-0.4, -0.2) is 22.8 Å². The van der Waals surface area contributed by atoms with Crippen molar-refractivity contribution in [2.45, 2.75) is 12.2 Å². The molecule has 4 heteroatoms. The van der Waals surface area contributed by atoms with E-state index in [0.29, 0.717) is 0 Å². The van der Waals surface area contributed by atoms with Crippen molar-refractivity contribution < 1.29 is 0 Å². The van der Waals surface area contributed by atoms with Crippen LogP contribution in [0.5, 0.6) is 0 Å². The van der Waals surface area contributed by atoms with Crippen LogP contribution in [-0.2, 0) is 12.2 Å². The van der Waals surface area contributed by atoms with Crippen LogP contribution in [0.1, 0.15) is 11.1 Å². The molecule has 112 valence electrons. The summed E-state index contributed by atoms with van der Waals surface area (Å²) in [6.07, 6.45) is 4.75. The summed E-state index contributed by atoms with van der Waals surface area (Å²) < 4.78 is 0. The molecule has 0 aliphatic heterocycles. The van der Waals surface area contributed by atoms with Crippen molar-refractivity contribution in [3.05, 3.63) is 66.0 Å². The van der Waals surface area contributed by atoms with E-state index in [9.17, 15) is 0 Å². The van der Waals surface area contributed by atoms with Gasteiger partial charge in [0.15, 0.2) is 0 Å². The Balaban J connectivity index is 1.70. The van der Waals surface area contributed by atoms with E-state index in [4.69, 9.17) is 0 Å². The molecule has 2 aromatic carbocycles. The molecule has 3 aromatic rings. The lowest BCUT2D eigenvalue weighted by Gasteiger charge is -2.11. The Hall–Kier alpha value is -2.07. The van der Waals surface area contributed by atoms with Crippen molar-refractivity contribution >= 4 is 28.5 Å². The van der Waals surface area contributed by atoms with E-state index < -0.39 is 0 Å². The molecule has 0 saturated carbocycles. The van der Waals surface area contributed by atoms with Crippen molar-refractivity contribution in [3.63, 3.8) is 0 Å². The van der Waals surface area contributed by atoms with Gasteiger partial charge in [-0.1, -0.05) is 36.4 Å². The van der Waals surface area contributed by atoms with Gasteiger partial charge in [-0.05, 0) is 35.9 Å². The first-order valence-electron chi connectivity index (χ1n) is 7.38. The van der Waals surface area contributed by atoms with Crippen LogP contribution in [0.15, 0.2) is 54.9 Å². The Morgan fingerprint density at radius 1 is 0.955 bits per heavy atom. The molecule has 1 heterocycles. The lowest BCUT2D eigenvalue weighted by atomic mass is 10.1. The third-order valence-corrected chi connectivity index (χ3v) is 4.25. The normalized spacial score (nSPS) is 10.8. The number of benzene rings is 2. The van der Waals surface area contributed by atoms with E-state index in [-0.39, 0.29) is 0 Å². The number of thioether (sulfide) groups is 1. The first kappa shape index (κ1) is 14.9. The Kier molecular flexibility index (Phi) is 4.91. The lowest BCUT2D eigenvalue weighted by molar-refractivity contribution is 0.991. The van der Waals surface area contributed by atoms with Crippen molar-refractivity contribution in [2.24, 2.45) is 0 Å². The third-order valence-electron chi connectivity index (χ3n) is 3.65. The number of anilines is 1. The quantitative estimate of drug-likeness (QED) is 0.742. The minimum Gasteiger partial charge on any atom is -0.369 e. The van der Waals surface area contributed by atoms with Crippen LogP contribution in [0.2, 0.25) is 0 Å².